The summed E-state index contributed by atoms with van der Waals surface area (Å²) in [6.07, 6.45) is -3.19. The zero-order valence-corrected chi connectivity index (χ0v) is 17.6. The van der Waals surface area contributed by atoms with E-state index >= 15 is 0 Å². The minimum absolute atomic E-state index is 0.0126. The number of alkyl halides is 3. The van der Waals surface area contributed by atoms with Crippen LogP contribution in [0.3, 0.4) is 0 Å². The number of rotatable bonds is 6. The molecule has 1 aliphatic heterocycles. The third-order valence-electron chi connectivity index (χ3n) is 5.67. The molecule has 1 aromatic heterocycles. The van der Waals surface area contributed by atoms with Crippen LogP contribution in [0.25, 0.3) is 4.91 Å². The molecular formula is C19H17F3N2O5S2. The fourth-order valence-corrected chi connectivity index (χ4v) is 6.97. The molecule has 7 nitrogen and oxygen atoms in total. The van der Waals surface area contributed by atoms with Gasteiger partial charge in [-0.25, -0.2) is 8.42 Å². The van der Waals surface area contributed by atoms with E-state index in [1.165, 1.54) is 6.08 Å². The van der Waals surface area contributed by atoms with E-state index in [4.69, 9.17) is 0 Å². The lowest BCUT2D eigenvalue weighted by Crippen LogP contribution is -2.50. The maximum atomic E-state index is 13.0. The number of benzene rings is 1. The first-order valence-corrected chi connectivity index (χ1v) is 11.5. The molecule has 1 saturated carbocycles. The van der Waals surface area contributed by atoms with E-state index in [0.29, 0.717) is 11.6 Å². The van der Waals surface area contributed by atoms with Gasteiger partial charge in [0.25, 0.3) is 0 Å². The number of sulfonamides is 1. The number of nitrogens with zero attached hydrogens (tertiary/aromatic N) is 1. The number of allylic oxidation sites excluding steroid dienone is 1. The van der Waals surface area contributed by atoms with Gasteiger partial charge in [-0.1, -0.05) is 48.5 Å². The Morgan fingerprint density at radius 1 is 1.32 bits per heavy atom. The average Bonchev–Trinajstić information content (AvgIpc) is 3.12. The quantitative estimate of drug-likeness (QED) is 0.658. The number of carbonyl (C=O) groups is 1. The van der Waals surface area contributed by atoms with Crippen molar-refractivity contribution in [3.63, 3.8) is 0 Å². The molecule has 2 aliphatic rings. The van der Waals surface area contributed by atoms with Gasteiger partial charge in [0.05, 0.1) is 0 Å². The van der Waals surface area contributed by atoms with Crippen molar-refractivity contribution >= 4 is 32.7 Å². The van der Waals surface area contributed by atoms with Gasteiger partial charge in [-0.2, -0.15) is 17.9 Å². The number of carboxylic acids is 1. The van der Waals surface area contributed by atoms with E-state index in [0.717, 1.165) is 11.8 Å². The number of aromatic nitrogens is 1. The monoisotopic (exact) mass is 474 g/mol. The predicted molar refractivity (Wildman–Crippen MR) is 106 cm³/mol. The molecule has 0 radical (unpaired) electrons. The molecule has 1 unspecified atom stereocenters. The highest BCUT2D eigenvalue weighted by molar-refractivity contribution is 8.18. The van der Waals surface area contributed by atoms with Crippen molar-refractivity contribution in [3.8, 4) is 0 Å². The van der Waals surface area contributed by atoms with Crippen LogP contribution in [0.2, 0.25) is 0 Å². The smallest absolute Gasteiger partial charge is 0.452 e. The molecule has 0 bridgehead atoms. The first-order valence-electron chi connectivity index (χ1n) is 9.12. The van der Waals surface area contributed by atoms with Gasteiger partial charge >= 0.3 is 12.1 Å². The maximum absolute atomic E-state index is 13.0. The largest absolute Gasteiger partial charge is 0.480 e. The van der Waals surface area contributed by atoms with E-state index < -0.39 is 43.5 Å². The highest BCUT2D eigenvalue weighted by Crippen LogP contribution is 2.58. The van der Waals surface area contributed by atoms with Crippen molar-refractivity contribution in [2.45, 2.75) is 41.5 Å². The average molecular weight is 474 g/mol. The lowest BCUT2D eigenvalue weighted by molar-refractivity contribution is -0.155. The van der Waals surface area contributed by atoms with Gasteiger partial charge in [-0.3, -0.25) is 4.79 Å². The van der Waals surface area contributed by atoms with Crippen LogP contribution in [0.1, 0.15) is 36.8 Å². The van der Waals surface area contributed by atoms with Crippen molar-refractivity contribution in [2.75, 3.05) is 0 Å². The SMILES string of the molecule is C[C@]1(c2ccccc2)C[C@@]1(NS(=O)(=O)C1CC=C(c2cc(C(F)(F)F)on2)S1)C(=O)O. The summed E-state index contributed by atoms with van der Waals surface area (Å²) in [4.78, 5) is 12.3. The van der Waals surface area contributed by atoms with Crippen LogP contribution in [0.15, 0.2) is 47.0 Å². The standard InChI is InChI=1S/C19H17F3N2O5S2/c1-17(11-5-3-2-4-6-11)10-18(17,16(25)26)24-31(27,28)15-8-7-13(30-15)12-9-14(29-23-12)19(20,21)22/h2-7,9,15,24H,8,10H2,1H3,(H,25,26)/t15?,17-,18-/m1/s1. The topological polar surface area (TPSA) is 110 Å². The van der Waals surface area contributed by atoms with Gasteiger partial charge in [0.2, 0.25) is 15.8 Å². The minimum atomic E-state index is -4.70. The Morgan fingerprint density at radius 3 is 2.58 bits per heavy atom. The third-order valence-corrected chi connectivity index (χ3v) is 9.32. The predicted octanol–water partition coefficient (Wildman–Crippen LogP) is 3.60. The molecule has 2 aromatic rings. The van der Waals surface area contributed by atoms with Crippen molar-refractivity contribution in [3.05, 3.63) is 59.5 Å². The molecular weight excluding hydrogens is 457 g/mol. The molecule has 0 saturated heterocycles. The zero-order valence-electron chi connectivity index (χ0n) is 16.0. The molecule has 0 spiro atoms. The van der Waals surface area contributed by atoms with E-state index in [1.54, 1.807) is 37.3 Å². The zero-order chi connectivity index (χ0) is 22.7. The van der Waals surface area contributed by atoms with Gasteiger partial charge in [0.1, 0.15) is 15.8 Å². The molecule has 1 aromatic carbocycles. The van der Waals surface area contributed by atoms with Crippen LogP contribution in [-0.2, 0) is 26.4 Å². The summed E-state index contributed by atoms with van der Waals surface area (Å²) < 4.78 is 69.7. The van der Waals surface area contributed by atoms with E-state index in [-0.39, 0.29) is 23.4 Å². The second-order valence-corrected chi connectivity index (χ2v) is 11.1. The molecule has 0 amide bonds. The fourth-order valence-electron chi connectivity index (χ4n) is 3.77. The Hall–Kier alpha value is -2.31. The Morgan fingerprint density at radius 2 is 2.00 bits per heavy atom. The first-order chi connectivity index (χ1) is 14.4. The van der Waals surface area contributed by atoms with Crippen molar-refractivity contribution < 1.29 is 36.0 Å². The first kappa shape index (κ1) is 21.9. The minimum Gasteiger partial charge on any atom is -0.480 e. The van der Waals surface area contributed by atoms with Crippen LogP contribution in [0.4, 0.5) is 13.2 Å². The van der Waals surface area contributed by atoms with Gasteiger partial charge < -0.3 is 9.63 Å². The number of hydrogen-bond acceptors (Lipinski definition) is 6. The van der Waals surface area contributed by atoms with Gasteiger partial charge in [-0.15, -0.1) is 11.8 Å². The van der Waals surface area contributed by atoms with Crippen LogP contribution in [0.5, 0.6) is 0 Å². The molecule has 1 aliphatic carbocycles. The summed E-state index contributed by atoms with van der Waals surface area (Å²) in [5.41, 5.74) is -2.06. The summed E-state index contributed by atoms with van der Waals surface area (Å²) in [5, 5.41) is 13.2. The highest BCUT2D eigenvalue weighted by atomic mass is 32.3. The highest BCUT2D eigenvalue weighted by Gasteiger charge is 2.72. The lowest BCUT2D eigenvalue weighted by Gasteiger charge is -2.23. The molecule has 2 heterocycles. The number of thioether (sulfide) groups is 1. The molecule has 12 heteroatoms. The van der Waals surface area contributed by atoms with Gasteiger partial charge in [0, 0.05) is 16.4 Å². The van der Waals surface area contributed by atoms with Crippen LogP contribution in [-0.4, -0.2) is 34.8 Å². The second-order valence-electron chi connectivity index (χ2n) is 7.66. The summed E-state index contributed by atoms with van der Waals surface area (Å²) in [6, 6.07) is 9.45. The van der Waals surface area contributed by atoms with E-state index in [9.17, 15) is 31.5 Å². The summed E-state index contributed by atoms with van der Waals surface area (Å²) in [7, 11) is -4.14. The number of carboxylic acid groups (broad SMARTS) is 1. The van der Waals surface area contributed by atoms with Crippen LogP contribution in [0, 0.1) is 0 Å². The Kier molecular flexibility index (Phi) is 5.02. The molecule has 4 rings (SSSR count). The maximum Gasteiger partial charge on any atom is 0.452 e. The summed E-state index contributed by atoms with van der Waals surface area (Å²) >= 11 is 0.799. The molecule has 1 fully saturated rings. The summed E-state index contributed by atoms with van der Waals surface area (Å²) in [6.45, 7) is 1.68. The third kappa shape index (κ3) is 3.66. The second kappa shape index (κ2) is 7.10. The normalized spacial score (nSPS) is 28.4. The fraction of sp³-hybridized carbons (Fsp3) is 0.368. The van der Waals surface area contributed by atoms with Crippen molar-refractivity contribution in [1.29, 1.82) is 0 Å². The lowest BCUT2D eigenvalue weighted by atomic mass is 9.93. The number of hydrogen-bond donors (Lipinski definition) is 2. The molecule has 3 atom stereocenters. The van der Waals surface area contributed by atoms with Crippen LogP contribution < -0.4 is 4.72 Å². The van der Waals surface area contributed by atoms with Crippen molar-refractivity contribution in [2.24, 2.45) is 0 Å². The van der Waals surface area contributed by atoms with Gasteiger partial charge in [-0.05, 0) is 18.4 Å². The number of nitrogens with one attached hydrogen (secondary N) is 1. The molecule has 2 N–H and O–H groups in total. The van der Waals surface area contributed by atoms with Crippen molar-refractivity contribution in [1.82, 2.24) is 9.88 Å². The summed E-state index contributed by atoms with van der Waals surface area (Å²) in [5.74, 6) is -2.57. The number of halogens is 3. The van der Waals surface area contributed by atoms with Gasteiger partial charge in [0.15, 0.2) is 0 Å². The molecule has 166 valence electrons. The Bertz CT molecular complexity index is 1160. The Labute approximate surface area is 179 Å². The molecule has 31 heavy (non-hydrogen) atoms. The Balaban J connectivity index is 1.52. The van der Waals surface area contributed by atoms with E-state index in [2.05, 4.69) is 14.4 Å². The van der Waals surface area contributed by atoms with Crippen LogP contribution >= 0.6 is 11.8 Å². The van der Waals surface area contributed by atoms with E-state index in [1.807, 2.05) is 0 Å². The number of aliphatic carboxylic acids is 1.